The minimum atomic E-state index is -0.321. The van der Waals surface area contributed by atoms with Crippen molar-refractivity contribution in [2.24, 2.45) is 11.8 Å². The Morgan fingerprint density at radius 1 is 1.13 bits per heavy atom. The summed E-state index contributed by atoms with van der Waals surface area (Å²) < 4.78 is 11.4. The van der Waals surface area contributed by atoms with E-state index in [0.29, 0.717) is 32.1 Å². The summed E-state index contributed by atoms with van der Waals surface area (Å²) in [4.78, 5) is 33.1. The number of hydrogen-bond donors (Lipinski definition) is 0. The van der Waals surface area contributed by atoms with Crippen LogP contribution in [-0.2, 0) is 20.9 Å². The molecular weight excluding hydrogens is 382 g/mol. The first-order valence-corrected chi connectivity index (χ1v) is 11.6. The van der Waals surface area contributed by atoms with Gasteiger partial charge in [0, 0.05) is 51.2 Å². The maximum Gasteiger partial charge on any atom is 0.245 e. The Hall–Kier alpha value is -1.86. The molecule has 2 amide bonds. The number of rotatable bonds is 3. The minimum Gasteiger partial charge on any atom is -0.465 e. The largest absolute Gasteiger partial charge is 0.465 e. The van der Waals surface area contributed by atoms with Crippen molar-refractivity contribution in [1.29, 1.82) is 0 Å². The lowest BCUT2D eigenvalue weighted by Crippen LogP contribution is -2.68. The van der Waals surface area contributed by atoms with Crippen LogP contribution in [0.1, 0.15) is 43.6 Å². The zero-order valence-electron chi connectivity index (χ0n) is 17.9. The molecule has 2 bridgehead atoms. The van der Waals surface area contributed by atoms with Gasteiger partial charge in [0.25, 0.3) is 0 Å². The molecule has 7 heteroatoms. The second-order valence-electron chi connectivity index (χ2n) is 9.46. The van der Waals surface area contributed by atoms with Crippen LogP contribution >= 0.6 is 0 Å². The van der Waals surface area contributed by atoms with Gasteiger partial charge in [0.15, 0.2) is 0 Å². The Morgan fingerprint density at radius 2 is 2.00 bits per heavy atom. The third-order valence-corrected chi connectivity index (χ3v) is 7.38. The molecule has 4 saturated heterocycles. The summed E-state index contributed by atoms with van der Waals surface area (Å²) in [6.07, 6.45) is 4.45. The van der Waals surface area contributed by atoms with Crippen molar-refractivity contribution in [3.63, 3.8) is 0 Å². The first-order valence-electron chi connectivity index (χ1n) is 11.6. The first kappa shape index (κ1) is 20.1. The van der Waals surface area contributed by atoms with Gasteiger partial charge in [0.05, 0.1) is 13.2 Å². The number of amides is 2. The topological polar surface area (TPSA) is 66.2 Å². The molecule has 4 aliphatic heterocycles. The highest BCUT2D eigenvalue weighted by atomic mass is 16.5. The molecule has 5 rings (SSSR count). The Kier molecular flexibility index (Phi) is 5.58. The van der Waals surface area contributed by atoms with Crippen LogP contribution in [0.4, 0.5) is 0 Å². The molecule has 0 N–H and O–H groups in total. The number of likely N-dealkylation sites (tertiary alicyclic amines) is 1. The van der Waals surface area contributed by atoms with E-state index in [9.17, 15) is 9.59 Å². The van der Waals surface area contributed by atoms with E-state index in [-0.39, 0.29) is 29.8 Å². The van der Waals surface area contributed by atoms with Crippen molar-refractivity contribution >= 4 is 11.8 Å². The maximum absolute atomic E-state index is 13.7. The van der Waals surface area contributed by atoms with Crippen molar-refractivity contribution in [2.45, 2.75) is 57.7 Å². The van der Waals surface area contributed by atoms with Gasteiger partial charge in [-0.3, -0.25) is 14.5 Å². The molecule has 7 nitrogen and oxygen atoms in total. The summed E-state index contributed by atoms with van der Waals surface area (Å²) in [6.45, 7) is 7.23. The number of aryl methyl sites for hydroxylation is 1. The molecule has 4 fully saturated rings. The van der Waals surface area contributed by atoms with E-state index in [1.54, 1.807) is 0 Å². The molecule has 0 radical (unpaired) electrons. The lowest BCUT2D eigenvalue weighted by molar-refractivity contribution is -0.165. The molecule has 0 saturated carbocycles. The molecule has 164 valence electrons. The predicted octanol–water partition coefficient (Wildman–Crippen LogP) is 2.04. The van der Waals surface area contributed by atoms with Gasteiger partial charge in [0.2, 0.25) is 11.8 Å². The van der Waals surface area contributed by atoms with E-state index in [0.717, 1.165) is 63.4 Å². The van der Waals surface area contributed by atoms with Gasteiger partial charge in [-0.1, -0.05) is 0 Å². The van der Waals surface area contributed by atoms with Crippen LogP contribution < -0.4 is 0 Å². The summed E-state index contributed by atoms with van der Waals surface area (Å²) in [5.41, 5.74) is 0. The van der Waals surface area contributed by atoms with Gasteiger partial charge in [-0.05, 0) is 50.7 Å². The molecule has 5 heterocycles. The maximum atomic E-state index is 13.7. The summed E-state index contributed by atoms with van der Waals surface area (Å²) in [7, 11) is 0. The van der Waals surface area contributed by atoms with E-state index < -0.39 is 0 Å². The average Bonchev–Trinajstić information content (AvgIpc) is 2.97. The monoisotopic (exact) mass is 415 g/mol. The highest BCUT2D eigenvalue weighted by Crippen LogP contribution is 2.42. The van der Waals surface area contributed by atoms with E-state index in [2.05, 4.69) is 11.0 Å². The van der Waals surface area contributed by atoms with Crippen LogP contribution in [0.15, 0.2) is 16.5 Å². The van der Waals surface area contributed by atoms with E-state index in [1.165, 1.54) is 0 Å². The van der Waals surface area contributed by atoms with Crippen LogP contribution in [-0.4, -0.2) is 78.0 Å². The molecule has 0 unspecified atom stereocenters. The number of ether oxygens (including phenoxy) is 1. The van der Waals surface area contributed by atoms with Gasteiger partial charge in [-0.2, -0.15) is 0 Å². The summed E-state index contributed by atoms with van der Waals surface area (Å²) in [5, 5.41) is 0. The fourth-order valence-corrected chi connectivity index (χ4v) is 6.14. The van der Waals surface area contributed by atoms with Crippen molar-refractivity contribution in [2.75, 3.05) is 39.4 Å². The van der Waals surface area contributed by atoms with Crippen LogP contribution in [0.3, 0.4) is 0 Å². The third kappa shape index (κ3) is 3.78. The predicted molar refractivity (Wildman–Crippen MR) is 111 cm³/mol. The molecule has 0 spiro atoms. The molecular formula is C23H33N3O4. The standard InChI is InChI=1S/C23H33N3O4/c1-16-6-7-19(30-16)15-24-13-17-12-18(14-24)22(26-20(17)4-2-5-21(26)27)23(28)25-8-3-10-29-11-9-25/h6-7,17-18,20,22H,2-5,8-15H2,1H3/t17-,18+,20+,22-/m1/s1. The number of fused-ring (bicyclic) bond motifs is 4. The fraction of sp³-hybridized carbons (Fsp3) is 0.739. The smallest absolute Gasteiger partial charge is 0.245 e. The molecule has 1 aromatic heterocycles. The lowest BCUT2D eigenvalue weighted by Gasteiger charge is -2.56. The molecule has 0 aromatic carbocycles. The highest BCUT2D eigenvalue weighted by molar-refractivity contribution is 5.89. The molecule has 30 heavy (non-hydrogen) atoms. The van der Waals surface area contributed by atoms with Crippen LogP contribution in [0.5, 0.6) is 0 Å². The Labute approximate surface area is 178 Å². The Morgan fingerprint density at radius 3 is 2.83 bits per heavy atom. The number of furan rings is 1. The van der Waals surface area contributed by atoms with Crippen LogP contribution in [0.2, 0.25) is 0 Å². The summed E-state index contributed by atoms with van der Waals surface area (Å²) in [5.74, 6) is 2.87. The van der Waals surface area contributed by atoms with Crippen molar-refractivity contribution in [3.05, 3.63) is 23.7 Å². The molecule has 0 aliphatic carbocycles. The zero-order chi connectivity index (χ0) is 20.7. The normalized spacial score (nSPS) is 32.6. The van der Waals surface area contributed by atoms with Crippen LogP contribution in [0.25, 0.3) is 0 Å². The third-order valence-electron chi connectivity index (χ3n) is 7.38. The number of piperidine rings is 3. The summed E-state index contributed by atoms with van der Waals surface area (Å²) >= 11 is 0. The number of carbonyl (C=O) groups excluding carboxylic acids is 2. The van der Waals surface area contributed by atoms with Crippen molar-refractivity contribution in [3.8, 4) is 0 Å². The number of hydrogen-bond acceptors (Lipinski definition) is 5. The van der Waals surface area contributed by atoms with Gasteiger partial charge >= 0.3 is 0 Å². The number of carbonyl (C=O) groups is 2. The fourth-order valence-electron chi connectivity index (χ4n) is 6.14. The van der Waals surface area contributed by atoms with E-state index >= 15 is 0 Å². The average molecular weight is 416 g/mol. The second kappa shape index (κ2) is 8.35. The van der Waals surface area contributed by atoms with Crippen molar-refractivity contribution < 1.29 is 18.7 Å². The van der Waals surface area contributed by atoms with Gasteiger partial charge in [-0.25, -0.2) is 0 Å². The first-order chi connectivity index (χ1) is 14.6. The lowest BCUT2D eigenvalue weighted by atomic mass is 9.71. The minimum absolute atomic E-state index is 0.139. The highest BCUT2D eigenvalue weighted by Gasteiger charge is 2.52. The van der Waals surface area contributed by atoms with Gasteiger partial charge in [0.1, 0.15) is 17.6 Å². The second-order valence-corrected chi connectivity index (χ2v) is 9.46. The zero-order valence-corrected chi connectivity index (χ0v) is 17.9. The SMILES string of the molecule is Cc1ccc(CN2C[C@H]3C[C@@H](C2)[C@H](C(=O)N2CCCOCC2)N2C(=O)CCC[C@@H]32)o1. The van der Waals surface area contributed by atoms with E-state index in [4.69, 9.17) is 9.15 Å². The van der Waals surface area contributed by atoms with Gasteiger partial charge < -0.3 is 19.0 Å². The molecule has 4 atom stereocenters. The number of nitrogens with zero attached hydrogens (tertiary/aromatic N) is 3. The quantitative estimate of drug-likeness (QED) is 0.756. The Balaban J connectivity index is 1.40. The molecule has 4 aliphatic rings. The van der Waals surface area contributed by atoms with E-state index in [1.807, 2.05) is 22.8 Å². The summed E-state index contributed by atoms with van der Waals surface area (Å²) in [6, 6.07) is 3.94. The Bertz CT molecular complexity index is 785. The van der Waals surface area contributed by atoms with Crippen LogP contribution in [0, 0.1) is 18.8 Å². The van der Waals surface area contributed by atoms with Gasteiger partial charge in [-0.15, -0.1) is 0 Å². The molecule has 1 aromatic rings. The van der Waals surface area contributed by atoms with Crippen molar-refractivity contribution in [1.82, 2.24) is 14.7 Å².